The summed E-state index contributed by atoms with van der Waals surface area (Å²) in [5, 5.41) is 15.6. The first-order chi connectivity index (χ1) is 19.6. The van der Waals surface area contributed by atoms with Crippen LogP contribution in [0.2, 0.25) is 0 Å². The van der Waals surface area contributed by atoms with Gasteiger partial charge in [0.25, 0.3) is 0 Å². The lowest BCUT2D eigenvalue weighted by Crippen LogP contribution is -2.20. The average molecular weight is 555 g/mol. The molecule has 6 rings (SSSR count). The molecule has 3 aromatic rings. The largest absolute Gasteiger partial charge is 0.481 e. The van der Waals surface area contributed by atoms with Gasteiger partial charge in [-0.1, -0.05) is 30.4 Å². The summed E-state index contributed by atoms with van der Waals surface area (Å²) in [6.45, 7) is 2.29. The monoisotopic (exact) mass is 554 g/mol. The molecule has 0 amide bonds. The zero-order valence-electron chi connectivity index (χ0n) is 21.9. The molecule has 3 aliphatic rings. The summed E-state index contributed by atoms with van der Waals surface area (Å²) in [7, 11) is 0. The van der Waals surface area contributed by atoms with E-state index in [1.807, 2.05) is 54.2 Å². The molecule has 1 saturated heterocycles. The molecule has 204 valence electrons. The molecule has 0 radical (unpaired) electrons. The van der Waals surface area contributed by atoms with Gasteiger partial charge in [-0.3, -0.25) is 4.79 Å². The Labute approximate surface area is 237 Å². The highest BCUT2D eigenvalue weighted by Gasteiger charge is 2.26. The Morgan fingerprint density at radius 1 is 1.23 bits per heavy atom. The first-order valence-corrected chi connectivity index (χ1v) is 14.2. The highest BCUT2D eigenvalue weighted by Crippen LogP contribution is 2.36. The minimum atomic E-state index is -0.843. The van der Waals surface area contributed by atoms with Crippen LogP contribution in [0.1, 0.15) is 35.0 Å². The fourth-order valence-corrected chi connectivity index (χ4v) is 5.93. The Morgan fingerprint density at radius 2 is 2.12 bits per heavy atom. The molecule has 2 unspecified atom stereocenters. The fourth-order valence-electron chi connectivity index (χ4n) is 5.20. The number of carbonyl (C=O) groups is 1. The number of hydrogen-bond acceptors (Lipinski definition) is 8. The number of anilines is 2. The second-order valence-electron chi connectivity index (χ2n) is 10.0. The van der Waals surface area contributed by atoms with Crippen LogP contribution in [-0.2, 0) is 11.2 Å². The summed E-state index contributed by atoms with van der Waals surface area (Å²) >= 11 is 1.53. The van der Waals surface area contributed by atoms with Crippen LogP contribution >= 0.6 is 11.3 Å². The third-order valence-electron chi connectivity index (χ3n) is 7.34. The molecule has 1 aromatic carbocycles. The molecule has 2 aliphatic heterocycles. The van der Waals surface area contributed by atoms with Crippen LogP contribution in [0.15, 0.2) is 84.1 Å². The van der Waals surface area contributed by atoms with E-state index >= 15 is 0 Å². The van der Waals surface area contributed by atoms with Crippen LogP contribution in [0, 0.1) is 5.92 Å². The van der Waals surface area contributed by atoms with E-state index in [-0.39, 0.29) is 19.1 Å². The van der Waals surface area contributed by atoms with Crippen molar-refractivity contribution in [3.8, 4) is 11.5 Å². The molecule has 9 heteroatoms. The van der Waals surface area contributed by atoms with Gasteiger partial charge < -0.3 is 24.8 Å². The van der Waals surface area contributed by atoms with Crippen molar-refractivity contribution in [2.45, 2.75) is 25.2 Å². The Bertz CT molecular complexity index is 1510. The molecule has 0 saturated carbocycles. The van der Waals surface area contributed by atoms with Crippen LogP contribution in [0.4, 0.5) is 11.5 Å². The smallest absolute Gasteiger partial charge is 0.303 e. The van der Waals surface area contributed by atoms with Crippen molar-refractivity contribution in [2.24, 2.45) is 5.92 Å². The Morgan fingerprint density at radius 3 is 2.98 bits per heavy atom. The Balaban J connectivity index is 1.03. The highest BCUT2D eigenvalue weighted by molar-refractivity contribution is 7.10. The zero-order chi connectivity index (χ0) is 27.3. The summed E-state index contributed by atoms with van der Waals surface area (Å²) in [5.74, 6) is 1.71. The van der Waals surface area contributed by atoms with Crippen LogP contribution in [0.3, 0.4) is 0 Å². The minimum Gasteiger partial charge on any atom is -0.481 e. The van der Waals surface area contributed by atoms with E-state index < -0.39 is 5.97 Å². The van der Waals surface area contributed by atoms with Gasteiger partial charge in [-0.25, -0.2) is 9.97 Å². The number of carboxylic acids is 1. The minimum absolute atomic E-state index is 0.0136. The van der Waals surface area contributed by atoms with Gasteiger partial charge in [0, 0.05) is 54.5 Å². The van der Waals surface area contributed by atoms with Gasteiger partial charge in [-0.05, 0) is 54.3 Å². The number of allylic oxidation sites excluding steroid dienone is 5. The summed E-state index contributed by atoms with van der Waals surface area (Å²) < 4.78 is 10.9. The lowest BCUT2D eigenvalue weighted by molar-refractivity contribution is -0.137. The van der Waals surface area contributed by atoms with E-state index in [2.05, 4.69) is 45.6 Å². The number of hydrogen-bond donors (Lipinski definition) is 2. The predicted octanol–water partition coefficient (Wildman–Crippen LogP) is 6.03. The Hall–Kier alpha value is -4.37. The average Bonchev–Trinajstić information content (AvgIpc) is 3.68. The van der Waals surface area contributed by atoms with E-state index in [4.69, 9.17) is 14.5 Å². The molecular weight excluding hydrogens is 524 g/mol. The van der Waals surface area contributed by atoms with E-state index in [0.717, 1.165) is 35.2 Å². The van der Waals surface area contributed by atoms with Gasteiger partial charge >= 0.3 is 5.97 Å². The molecule has 0 bridgehead atoms. The van der Waals surface area contributed by atoms with E-state index in [1.165, 1.54) is 29.0 Å². The predicted molar refractivity (Wildman–Crippen MR) is 157 cm³/mol. The molecule has 2 aromatic heterocycles. The van der Waals surface area contributed by atoms with Crippen molar-refractivity contribution in [2.75, 3.05) is 30.1 Å². The standard InChI is InChI=1S/C31H30N4O4S/c36-31(37)16-24(22-7-8-27-28(15-22)39-20-38-27)14-25-19-40-30(34-25)6-1-2-11-32-29-17-26(9-12-33-29)35-13-10-23(18-35)21-4-3-5-21/h1-9,11-12,15,17,19,23-24H,10,13-14,16,18,20H2,(H,32,33)(H,36,37)/b6-1+,11-2+. The number of pyridine rings is 1. The maximum Gasteiger partial charge on any atom is 0.303 e. The van der Waals surface area contributed by atoms with Crippen LogP contribution in [0.5, 0.6) is 11.5 Å². The number of aliphatic carboxylic acids is 1. The molecule has 4 heterocycles. The van der Waals surface area contributed by atoms with Gasteiger partial charge in [-0.2, -0.15) is 0 Å². The number of thiazole rings is 1. The summed E-state index contributed by atoms with van der Waals surface area (Å²) in [5.41, 5.74) is 4.42. The SMILES string of the molecule is O=C(O)CC(Cc1csc(/C=C/C=C/Nc2cc(N3CCC(C4=CC=C4)C3)ccn2)n1)c1ccc2c(c1)OCO2. The zero-order valence-corrected chi connectivity index (χ0v) is 22.7. The first-order valence-electron chi connectivity index (χ1n) is 13.4. The van der Waals surface area contributed by atoms with Crippen molar-refractivity contribution in [3.05, 3.63) is 100 Å². The number of aromatic nitrogens is 2. The van der Waals surface area contributed by atoms with Crippen molar-refractivity contribution >= 4 is 34.9 Å². The topological polar surface area (TPSA) is 96.8 Å². The quantitative estimate of drug-likeness (QED) is 0.278. The van der Waals surface area contributed by atoms with Gasteiger partial charge in [-0.15, -0.1) is 11.3 Å². The van der Waals surface area contributed by atoms with Crippen molar-refractivity contribution < 1.29 is 19.4 Å². The second kappa shape index (κ2) is 11.8. The van der Waals surface area contributed by atoms with Gasteiger partial charge in [0.2, 0.25) is 6.79 Å². The number of nitrogens with zero attached hydrogens (tertiary/aromatic N) is 3. The maximum atomic E-state index is 11.5. The molecule has 1 fully saturated rings. The fraction of sp³-hybridized carbons (Fsp3) is 0.258. The highest BCUT2D eigenvalue weighted by atomic mass is 32.1. The van der Waals surface area contributed by atoms with Crippen LogP contribution < -0.4 is 19.7 Å². The van der Waals surface area contributed by atoms with Gasteiger partial charge in [0.05, 0.1) is 12.1 Å². The first kappa shape index (κ1) is 25.9. The van der Waals surface area contributed by atoms with E-state index in [1.54, 1.807) is 0 Å². The number of rotatable bonds is 11. The lowest BCUT2D eigenvalue weighted by atomic mass is 9.91. The number of carboxylic acid groups (broad SMARTS) is 1. The number of benzene rings is 1. The third kappa shape index (κ3) is 6.10. The summed E-state index contributed by atoms with van der Waals surface area (Å²) in [6.07, 6.45) is 17.8. The van der Waals surface area contributed by atoms with Crippen molar-refractivity contribution in [1.82, 2.24) is 9.97 Å². The van der Waals surface area contributed by atoms with E-state index in [0.29, 0.717) is 23.8 Å². The lowest BCUT2D eigenvalue weighted by Gasteiger charge is -2.20. The molecule has 0 spiro atoms. The third-order valence-corrected chi connectivity index (χ3v) is 8.20. The Kier molecular flexibility index (Phi) is 7.63. The molecule has 8 nitrogen and oxygen atoms in total. The summed E-state index contributed by atoms with van der Waals surface area (Å²) in [4.78, 5) is 23.1. The normalized spacial score (nSPS) is 18.4. The molecule has 1 aliphatic carbocycles. The van der Waals surface area contributed by atoms with Crippen LogP contribution in [0.25, 0.3) is 6.08 Å². The second-order valence-corrected chi connectivity index (χ2v) is 10.9. The molecular formula is C31H30N4O4S. The van der Waals surface area contributed by atoms with Crippen LogP contribution in [-0.4, -0.2) is 40.9 Å². The molecule has 2 N–H and O–H groups in total. The van der Waals surface area contributed by atoms with Gasteiger partial charge in [0.1, 0.15) is 10.8 Å². The molecule has 40 heavy (non-hydrogen) atoms. The number of nitrogens with one attached hydrogen (secondary N) is 1. The number of ether oxygens (including phenoxy) is 2. The maximum absolute atomic E-state index is 11.5. The summed E-state index contributed by atoms with van der Waals surface area (Å²) in [6, 6.07) is 9.76. The van der Waals surface area contributed by atoms with E-state index in [9.17, 15) is 9.90 Å². The molecule has 2 atom stereocenters. The van der Waals surface area contributed by atoms with Crippen molar-refractivity contribution in [3.63, 3.8) is 0 Å². The van der Waals surface area contributed by atoms with Gasteiger partial charge in [0.15, 0.2) is 11.5 Å². The van der Waals surface area contributed by atoms with Crippen molar-refractivity contribution in [1.29, 1.82) is 0 Å². The number of fused-ring (bicyclic) bond motifs is 1.